The second kappa shape index (κ2) is 10.4. The molecule has 0 unspecified atom stereocenters. The van der Waals surface area contributed by atoms with Crippen molar-refractivity contribution in [2.75, 3.05) is 38.2 Å². The third-order valence-corrected chi connectivity index (χ3v) is 6.76. The summed E-state index contributed by atoms with van der Waals surface area (Å²) in [5, 5.41) is 2.72. The zero-order chi connectivity index (χ0) is 22.3. The van der Waals surface area contributed by atoms with E-state index in [0.717, 1.165) is 11.3 Å². The number of aryl methyl sites for hydroxylation is 1. The van der Waals surface area contributed by atoms with Crippen LogP contribution in [-0.2, 0) is 19.6 Å². The van der Waals surface area contributed by atoms with Crippen LogP contribution in [0.15, 0.2) is 66.1 Å². The number of rotatable bonds is 8. The Labute approximate surface area is 183 Å². The van der Waals surface area contributed by atoms with Crippen LogP contribution >= 0.6 is 0 Å². The topological polar surface area (TPSA) is 84.9 Å². The van der Waals surface area contributed by atoms with E-state index in [2.05, 4.69) is 11.9 Å². The molecule has 1 saturated heterocycles. The predicted molar refractivity (Wildman–Crippen MR) is 121 cm³/mol. The summed E-state index contributed by atoms with van der Waals surface area (Å²) in [7, 11) is -3.65. The van der Waals surface area contributed by atoms with Crippen molar-refractivity contribution in [1.29, 1.82) is 0 Å². The van der Waals surface area contributed by atoms with Gasteiger partial charge < -0.3 is 14.8 Å². The van der Waals surface area contributed by atoms with Crippen molar-refractivity contribution in [1.82, 2.24) is 4.31 Å². The van der Waals surface area contributed by atoms with Crippen LogP contribution in [0, 0.1) is 6.92 Å². The number of nitrogens with one attached hydrogen (secondary N) is 1. The molecule has 1 aliphatic heterocycles. The van der Waals surface area contributed by atoms with Crippen molar-refractivity contribution in [2.45, 2.75) is 11.8 Å². The molecule has 0 bridgehead atoms. The van der Waals surface area contributed by atoms with Crippen molar-refractivity contribution in [3.63, 3.8) is 0 Å². The molecule has 0 aromatic heterocycles. The minimum absolute atomic E-state index is 0.186. The number of anilines is 1. The lowest BCUT2D eigenvalue weighted by atomic mass is 10.2. The van der Waals surface area contributed by atoms with Gasteiger partial charge in [-0.05, 0) is 48.4 Å². The number of ether oxygens (including phenoxy) is 2. The highest BCUT2D eigenvalue weighted by atomic mass is 32.2. The van der Waals surface area contributed by atoms with Crippen LogP contribution in [0.5, 0.6) is 5.75 Å². The van der Waals surface area contributed by atoms with E-state index in [1.54, 1.807) is 31.2 Å². The highest BCUT2D eigenvalue weighted by Crippen LogP contribution is 2.24. The van der Waals surface area contributed by atoms with Crippen molar-refractivity contribution in [2.24, 2.45) is 0 Å². The van der Waals surface area contributed by atoms with Crippen LogP contribution in [0.3, 0.4) is 0 Å². The van der Waals surface area contributed by atoms with Gasteiger partial charge in [-0.2, -0.15) is 4.31 Å². The molecule has 3 rings (SSSR count). The summed E-state index contributed by atoms with van der Waals surface area (Å²) < 4.78 is 38.0. The first-order valence-electron chi connectivity index (χ1n) is 9.91. The number of morpholine rings is 1. The van der Waals surface area contributed by atoms with E-state index in [9.17, 15) is 13.2 Å². The SMILES string of the molecule is C=CCOc1ccc(C=CC(=O)Nc2ccc(C)c(S(=O)(=O)N3CCOCC3)c2)cc1. The Morgan fingerprint density at radius 1 is 1.19 bits per heavy atom. The van der Waals surface area contributed by atoms with Gasteiger partial charge in [0.25, 0.3) is 0 Å². The van der Waals surface area contributed by atoms with Gasteiger partial charge in [0.05, 0.1) is 18.1 Å². The molecule has 2 aromatic rings. The van der Waals surface area contributed by atoms with Gasteiger partial charge in [-0.15, -0.1) is 0 Å². The summed E-state index contributed by atoms with van der Waals surface area (Å²) in [6, 6.07) is 12.2. The van der Waals surface area contributed by atoms with Crippen LogP contribution in [0.4, 0.5) is 5.69 Å². The molecule has 1 aliphatic rings. The first-order chi connectivity index (χ1) is 14.9. The van der Waals surface area contributed by atoms with Gasteiger partial charge in [0.15, 0.2) is 0 Å². The average molecular weight is 443 g/mol. The molecular weight excluding hydrogens is 416 g/mol. The Morgan fingerprint density at radius 2 is 1.90 bits per heavy atom. The van der Waals surface area contributed by atoms with Gasteiger partial charge in [-0.25, -0.2) is 8.42 Å². The molecule has 0 spiro atoms. The normalized spacial score (nSPS) is 15.0. The van der Waals surface area contributed by atoms with E-state index < -0.39 is 10.0 Å². The number of sulfonamides is 1. The fourth-order valence-electron chi connectivity index (χ4n) is 3.07. The second-order valence-corrected chi connectivity index (χ2v) is 8.89. The molecular formula is C23H26N2O5S. The molecule has 7 nitrogen and oxygen atoms in total. The van der Waals surface area contributed by atoms with E-state index in [1.165, 1.54) is 16.4 Å². The number of hydrogen-bond donors (Lipinski definition) is 1. The van der Waals surface area contributed by atoms with Gasteiger partial charge in [0, 0.05) is 24.9 Å². The molecule has 0 atom stereocenters. The van der Waals surface area contributed by atoms with Gasteiger partial charge in [0.1, 0.15) is 12.4 Å². The van der Waals surface area contributed by atoms with E-state index in [0.29, 0.717) is 44.2 Å². The van der Waals surface area contributed by atoms with E-state index in [1.807, 2.05) is 24.3 Å². The first-order valence-corrected chi connectivity index (χ1v) is 11.4. The zero-order valence-corrected chi connectivity index (χ0v) is 18.2. The van der Waals surface area contributed by atoms with E-state index in [-0.39, 0.29) is 10.8 Å². The number of hydrogen-bond acceptors (Lipinski definition) is 5. The standard InChI is InChI=1S/C23H26N2O5S/c1-3-14-30-21-9-5-19(6-10-21)7-11-23(26)24-20-8-4-18(2)22(17-20)31(27,28)25-12-15-29-16-13-25/h3-11,17H,1,12-16H2,2H3,(H,24,26). The Morgan fingerprint density at radius 3 is 2.58 bits per heavy atom. The molecule has 31 heavy (non-hydrogen) atoms. The number of nitrogens with zero attached hydrogens (tertiary/aromatic N) is 1. The molecule has 1 N–H and O–H groups in total. The minimum atomic E-state index is -3.65. The summed E-state index contributed by atoms with van der Waals surface area (Å²) >= 11 is 0. The first kappa shape index (κ1) is 22.7. The van der Waals surface area contributed by atoms with Crippen molar-refractivity contribution in [3.8, 4) is 5.75 Å². The van der Waals surface area contributed by atoms with Gasteiger partial charge in [-0.3, -0.25) is 4.79 Å². The Bertz CT molecular complexity index is 1060. The van der Waals surface area contributed by atoms with Gasteiger partial charge in [-0.1, -0.05) is 30.9 Å². The second-order valence-electron chi connectivity index (χ2n) is 6.99. The zero-order valence-electron chi connectivity index (χ0n) is 17.4. The Kier molecular flexibility index (Phi) is 7.62. The van der Waals surface area contributed by atoms with E-state index in [4.69, 9.17) is 9.47 Å². The summed E-state index contributed by atoms with van der Waals surface area (Å²) in [6.07, 6.45) is 4.74. The Hall–Kier alpha value is -2.94. The van der Waals surface area contributed by atoms with Crippen molar-refractivity contribution in [3.05, 3.63) is 72.3 Å². The lowest BCUT2D eigenvalue weighted by Crippen LogP contribution is -2.40. The van der Waals surface area contributed by atoms with Crippen LogP contribution in [0.2, 0.25) is 0 Å². The van der Waals surface area contributed by atoms with Crippen LogP contribution in [0.25, 0.3) is 6.08 Å². The molecule has 2 aromatic carbocycles. The van der Waals surface area contributed by atoms with Crippen LogP contribution in [-0.4, -0.2) is 51.5 Å². The molecule has 1 heterocycles. The molecule has 0 saturated carbocycles. The fourth-order valence-corrected chi connectivity index (χ4v) is 4.73. The highest BCUT2D eigenvalue weighted by molar-refractivity contribution is 7.89. The molecule has 0 aliphatic carbocycles. The quantitative estimate of drug-likeness (QED) is 0.501. The number of carbonyl (C=O) groups excluding carboxylic acids is 1. The van der Waals surface area contributed by atoms with Crippen LogP contribution < -0.4 is 10.1 Å². The van der Waals surface area contributed by atoms with Crippen molar-refractivity contribution >= 4 is 27.7 Å². The summed E-state index contributed by atoms with van der Waals surface area (Å²) in [6.45, 7) is 7.16. The van der Waals surface area contributed by atoms with Crippen LogP contribution in [0.1, 0.15) is 11.1 Å². The Balaban J connectivity index is 1.68. The highest BCUT2D eigenvalue weighted by Gasteiger charge is 2.28. The maximum absolute atomic E-state index is 13.0. The number of amides is 1. The molecule has 164 valence electrons. The predicted octanol–water partition coefficient (Wildman–Crippen LogP) is 3.23. The third-order valence-electron chi connectivity index (χ3n) is 4.72. The summed E-state index contributed by atoms with van der Waals surface area (Å²) in [5.41, 5.74) is 1.87. The average Bonchev–Trinajstić information content (AvgIpc) is 2.78. The van der Waals surface area contributed by atoms with Crippen molar-refractivity contribution < 1.29 is 22.7 Å². The lowest BCUT2D eigenvalue weighted by Gasteiger charge is -2.26. The summed E-state index contributed by atoms with van der Waals surface area (Å²) in [5.74, 6) is 0.362. The summed E-state index contributed by atoms with van der Waals surface area (Å²) in [4.78, 5) is 12.5. The molecule has 8 heteroatoms. The number of benzene rings is 2. The maximum Gasteiger partial charge on any atom is 0.248 e. The molecule has 1 amide bonds. The lowest BCUT2D eigenvalue weighted by molar-refractivity contribution is -0.111. The largest absolute Gasteiger partial charge is 0.490 e. The smallest absolute Gasteiger partial charge is 0.248 e. The monoisotopic (exact) mass is 442 g/mol. The van der Waals surface area contributed by atoms with Gasteiger partial charge >= 0.3 is 0 Å². The van der Waals surface area contributed by atoms with Gasteiger partial charge in [0.2, 0.25) is 15.9 Å². The number of carbonyl (C=O) groups is 1. The third kappa shape index (κ3) is 6.04. The maximum atomic E-state index is 13.0. The fraction of sp³-hybridized carbons (Fsp3) is 0.261. The molecule has 0 radical (unpaired) electrons. The molecule has 1 fully saturated rings. The van der Waals surface area contributed by atoms with E-state index >= 15 is 0 Å². The minimum Gasteiger partial charge on any atom is -0.490 e.